The molecule has 0 aliphatic carbocycles. The van der Waals surface area contributed by atoms with Crippen molar-refractivity contribution in [1.82, 2.24) is 4.98 Å². The Balaban J connectivity index is 1.91. The summed E-state index contributed by atoms with van der Waals surface area (Å²) in [5.41, 5.74) is 2.39. The Bertz CT molecular complexity index is 524. The Morgan fingerprint density at radius 3 is 2.47 bits per heavy atom. The normalized spacial score (nSPS) is 19.4. The third-order valence-corrected chi connectivity index (χ3v) is 3.75. The van der Waals surface area contributed by atoms with E-state index >= 15 is 0 Å². The molecule has 0 N–H and O–H groups in total. The maximum Gasteiger partial charge on any atom is 0.123 e. The quantitative estimate of drug-likeness (QED) is 0.808. The molecule has 3 rings (SSSR count). The molecule has 0 amide bonds. The molecule has 1 aromatic heterocycles. The van der Waals surface area contributed by atoms with Gasteiger partial charge in [-0.3, -0.25) is 4.98 Å². The van der Waals surface area contributed by atoms with Crippen LogP contribution in [0.3, 0.4) is 0 Å². The van der Waals surface area contributed by atoms with E-state index in [1.54, 1.807) is 12.1 Å². The number of anilines is 1. The highest BCUT2D eigenvalue weighted by Gasteiger charge is 2.24. The standard InChI is InChI=1S/C16H17FN2/c17-14-6-4-13(5-7-14)16-3-1-2-12-19(16)15-8-10-18-11-9-15/h4-11,16H,1-3,12H2. The number of pyridine rings is 1. The summed E-state index contributed by atoms with van der Waals surface area (Å²) < 4.78 is 13.1. The van der Waals surface area contributed by atoms with Crippen molar-refractivity contribution in [3.8, 4) is 0 Å². The van der Waals surface area contributed by atoms with Gasteiger partial charge in [0.25, 0.3) is 0 Å². The number of hydrogen-bond donors (Lipinski definition) is 0. The average Bonchev–Trinajstić information content (AvgIpc) is 2.49. The minimum Gasteiger partial charge on any atom is -0.364 e. The van der Waals surface area contributed by atoms with Crippen LogP contribution >= 0.6 is 0 Å². The lowest BCUT2D eigenvalue weighted by atomic mass is 9.94. The fourth-order valence-electron chi connectivity index (χ4n) is 2.81. The largest absolute Gasteiger partial charge is 0.364 e. The van der Waals surface area contributed by atoms with E-state index in [1.807, 2.05) is 36.7 Å². The van der Waals surface area contributed by atoms with E-state index in [0.717, 1.165) is 13.0 Å². The molecule has 0 bridgehead atoms. The summed E-state index contributed by atoms with van der Waals surface area (Å²) in [5, 5.41) is 0. The topological polar surface area (TPSA) is 16.1 Å². The van der Waals surface area contributed by atoms with Gasteiger partial charge in [-0.05, 0) is 49.1 Å². The van der Waals surface area contributed by atoms with Crippen molar-refractivity contribution in [3.05, 3.63) is 60.2 Å². The first-order valence-corrected chi connectivity index (χ1v) is 6.77. The molecule has 1 atom stereocenters. The molecule has 1 aliphatic heterocycles. The van der Waals surface area contributed by atoms with Crippen LogP contribution in [0.1, 0.15) is 30.9 Å². The van der Waals surface area contributed by atoms with Crippen LogP contribution in [0.2, 0.25) is 0 Å². The number of piperidine rings is 1. The highest BCUT2D eigenvalue weighted by Crippen LogP contribution is 2.34. The van der Waals surface area contributed by atoms with E-state index in [4.69, 9.17) is 0 Å². The van der Waals surface area contributed by atoms with E-state index in [0.29, 0.717) is 6.04 Å². The van der Waals surface area contributed by atoms with Crippen molar-refractivity contribution in [2.75, 3.05) is 11.4 Å². The fourth-order valence-corrected chi connectivity index (χ4v) is 2.81. The Morgan fingerprint density at radius 2 is 1.74 bits per heavy atom. The van der Waals surface area contributed by atoms with Gasteiger partial charge in [0.15, 0.2) is 0 Å². The van der Waals surface area contributed by atoms with Crippen LogP contribution in [0.25, 0.3) is 0 Å². The van der Waals surface area contributed by atoms with E-state index in [-0.39, 0.29) is 5.82 Å². The first-order chi connectivity index (χ1) is 9.34. The molecule has 3 heteroatoms. The lowest BCUT2D eigenvalue weighted by Crippen LogP contribution is -2.33. The summed E-state index contributed by atoms with van der Waals surface area (Å²) in [5.74, 6) is -0.171. The van der Waals surface area contributed by atoms with Gasteiger partial charge in [0.1, 0.15) is 5.82 Å². The highest BCUT2D eigenvalue weighted by atomic mass is 19.1. The second-order valence-electron chi connectivity index (χ2n) is 4.96. The summed E-state index contributed by atoms with van der Waals surface area (Å²) in [6.45, 7) is 1.05. The second-order valence-corrected chi connectivity index (χ2v) is 4.96. The molecule has 1 unspecified atom stereocenters. The van der Waals surface area contributed by atoms with Crippen LogP contribution in [0, 0.1) is 5.82 Å². The number of aromatic nitrogens is 1. The van der Waals surface area contributed by atoms with Crippen molar-refractivity contribution >= 4 is 5.69 Å². The lowest BCUT2D eigenvalue weighted by molar-refractivity contribution is 0.472. The van der Waals surface area contributed by atoms with Gasteiger partial charge in [0.05, 0.1) is 6.04 Å². The van der Waals surface area contributed by atoms with Crippen molar-refractivity contribution in [2.24, 2.45) is 0 Å². The molecule has 1 aliphatic rings. The van der Waals surface area contributed by atoms with Crippen LogP contribution in [0.4, 0.5) is 10.1 Å². The molecule has 1 saturated heterocycles. The molecular weight excluding hydrogens is 239 g/mol. The van der Waals surface area contributed by atoms with Gasteiger partial charge in [-0.2, -0.15) is 0 Å². The summed E-state index contributed by atoms with van der Waals surface area (Å²) in [6, 6.07) is 11.3. The van der Waals surface area contributed by atoms with E-state index in [1.165, 1.54) is 24.1 Å². The Morgan fingerprint density at radius 1 is 1.00 bits per heavy atom. The monoisotopic (exact) mass is 256 g/mol. The molecular formula is C16H17FN2. The third kappa shape index (κ3) is 2.60. The van der Waals surface area contributed by atoms with Gasteiger partial charge in [0, 0.05) is 24.6 Å². The second kappa shape index (κ2) is 5.39. The Kier molecular flexibility index (Phi) is 3.45. The number of benzene rings is 1. The zero-order chi connectivity index (χ0) is 13.1. The van der Waals surface area contributed by atoms with Gasteiger partial charge in [-0.15, -0.1) is 0 Å². The average molecular weight is 256 g/mol. The molecule has 2 heterocycles. The van der Waals surface area contributed by atoms with Gasteiger partial charge in [0.2, 0.25) is 0 Å². The van der Waals surface area contributed by atoms with Crippen molar-refractivity contribution < 1.29 is 4.39 Å². The molecule has 2 aromatic rings. The van der Waals surface area contributed by atoms with Crippen LogP contribution < -0.4 is 4.90 Å². The van der Waals surface area contributed by atoms with Crippen LogP contribution in [-0.4, -0.2) is 11.5 Å². The number of halogens is 1. The SMILES string of the molecule is Fc1ccc(C2CCCCN2c2ccncc2)cc1. The smallest absolute Gasteiger partial charge is 0.123 e. The van der Waals surface area contributed by atoms with E-state index in [2.05, 4.69) is 9.88 Å². The first-order valence-electron chi connectivity index (χ1n) is 6.77. The molecule has 0 spiro atoms. The molecule has 19 heavy (non-hydrogen) atoms. The van der Waals surface area contributed by atoms with Crippen molar-refractivity contribution in [2.45, 2.75) is 25.3 Å². The van der Waals surface area contributed by atoms with Crippen molar-refractivity contribution in [1.29, 1.82) is 0 Å². The molecule has 0 radical (unpaired) electrons. The Hall–Kier alpha value is -1.90. The van der Waals surface area contributed by atoms with E-state index < -0.39 is 0 Å². The summed E-state index contributed by atoms with van der Waals surface area (Å²) in [7, 11) is 0. The molecule has 2 nitrogen and oxygen atoms in total. The lowest BCUT2D eigenvalue weighted by Gasteiger charge is -2.37. The summed E-state index contributed by atoms with van der Waals surface area (Å²) >= 11 is 0. The third-order valence-electron chi connectivity index (χ3n) is 3.75. The van der Waals surface area contributed by atoms with Crippen LogP contribution in [0.5, 0.6) is 0 Å². The first kappa shape index (κ1) is 12.2. The summed E-state index contributed by atoms with van der Waals surface area (Å²) in [4.78, 5) is 6.47. The van der Waals surface area contributed by atoms with Crippen LogP contribution in [-0.2, 0) is 0 Å². The minimum atomic E-state index is -0.171. The van der Waals surface area contributed by atoms with Crippen LogP contribution in [0.15, 0.2) is 48.8 Å². The number of rotatable bonds is 2. The van der Waals surface area contributed by atoms with Gasteiger partial charge in [-0.1, -0.05) is 12.1 Å². The fraction of sp³-hybridized carbons (Fsp3) is 0.312. The zero-order valence-corrected chi connectivity index (χ0v) is 10.8. The van der Waals surface area contributed by atoms with Gasteiger partial charge >= 0.3 is 0 Å². The molecule has 1 fully saturated rings. The number of nitrogens with zero attached hydrogens (tertiary/aromatic N) is 2. The predicted octanol–water partition coefficient (Wildman–Crippen LogP) is 3.95. The van der Waals surface area contributed by atoms with E-state index in [9.17, 15) is 4.39 Å². The maximum absolute atomic E-state index is 13.1. The minimum absolute atomic E-state index is 0.171. The molecule has 98 valence electrons. The summed E-state index contributed by atoms with van der Waals surface area (Å²) in [6.07, 6.45) is 7.20. The number of hydrogen-bond acceptors (Lipinski definition) is 2. The van der Waals surface area contributed by atoms with Gasteiger partial charge < -0.3 is 4.90 Å². The predicted molar refractivity (Wildman–Crippen MR) is 74.6 cm³/mol. The Labute approximate surface area is 112 Å². The maximum atomic E-state index is 13.1. The van der Waals surface area contributed by atoms with Crippen molar-refractivity contribution in [3.63, 3.8) is 0 Å². The zero-order valence-electron chi connectivity index (χ0n) is 10.8. The molecule has 1 aromatic carbocycles. The van der Waals surface area contributed by atoms with Gasteiger partial charge in [-0.25, -0.2) is 4.39 Å². The highest BCUT2D eigenvalue weighted by molar-refractivity contribution is 5.48. The molecule has 0 saturated carbocycles.